The van der Waals surface area contributed by atoms with Gasteiger partial charge < -0.3 is 10.4 Å². The van der Waals surface area contributed by atoms with Crippen molar-refractivity contribution in [2.24, 2.45) is 13.0 Å². The normalized spacial score (nSPS) is 26.2. The minimum Gasteiger partial charge on any atom is -0.480 e. The predicted octanol–water partition coefficient (Wildman–Crippen LogP) is 1.57. The van der Waals surface area contributed by atoms with E-state index in [4.69, 9.17) is 0 Å². The highest BCUT2D eigenvalue weighted by Crippen LogP contribution is 2.34. The fraction of sp³-hybridized carbons (Fsp3) is 0.643. The van der Waals surface area contributed by atoms with Gasteiger partial charge in [-0.05, 0) is 37.7 Å². The Morgan fingerprint density at radius 2 is 2.15 bits per heavy atom. The summed E-state index contributed by atoms with van der Waals surface area (Å²) in [7, 11) is 1.72. The van der Waals surface area contributed by atoms with E-state index in [1.165, 1.54) is 4.68 Å². The molecule has 1 aromatic rings. The molecular weight excluding hydrogens is 258 g/mol. The van der Waals surface area contributed by atoms with Crippen molar-refractivity contribution in [3.8, 4) is 0 Å². The first kappa shape index (κ1) is 14.6. The van der Waals surface area contributed by atoms with Gasteiger partial charge in [0, 0.05) is 13.2 Å². The Morgan fingerprint density at radius 1 is 1.50 bits per heavy atom. The first-order valence-corrected chi connectivity index (χ1v) is 7.02. The van der Waals surface area contributed by atoms with Gasteiger partial charge in [0.1, 0.15) is 11.2 Å². The van der Waals surface area contributed by atoms with Crippen LogP contribution in [0.2, 0.25) is 0 Å². The molecule has 1 heterocycles. The summed E-state index contributed by atoms with van der Waals surface area (Å²) in [6.45, 7) is 2.12. The second-order valence-corrected chi connectivity index (χ2v) is 5.57. The van der Waals surface area contributed by atoms with Crippen LogP contribution in [-0.2, 0) is 11.8 Å². The van der Waals surface area contributed by atoms with E-state index in [1.54, 1.807) is 19.3 Å². The van der Waals surface area contributed by atoms with E-state index in [2.05, 4.69) is 17.3 Å². The Bertz CT molecular complexity index is 502. The standard InChI is InChI=1S/C14H21N3O3/c1-3-10-4-7-14(8-5-10,13(19)20)15-12(18)11-6-9-17(2)16-11/h6,9-10H,3-5,7-8H2,1-2H3,(H,15,18)(H,19,20). The SMILES string of the molecule is CCC1CCC(NC(=O)c2ccn(C)n2)(C(=O)O)CC1. The maximum atomic E-state index is 12.1. The lowest BCUT2D eigenvalue weighted by atomic mass is 9.75. The van der Waals surface area contributed by atoms with E-state index in [9.17, 15) is 14.7 Å². The van der Waals surface area contributed by atoms with Crippen LogP contribution in [0.25, 0.3) is 0 Å². The number of amides is 1. The molecule has 6 nitrogen and oxygen atoms in total. The zero-order valence-electron chi connectivity index (χ0n) is 11.9. The highest BCUT2D eigenvalue weighted by molar-refractivity contribution is 5.96. The van der Waals surface area contributed by atoms with Crippen LogP contribution in [0.3, 0.4) is 0 Å². The van der Waals surface area contributed by atoms with Crippen LogP contribution in [0.4, 0.5) is 0 Å². The number of carbonyl (C=O) groups excluding carboxylic acids is 1. The zero-order valence-corrected chi connectivity index (χ0v) is 11.9. The molecule has 1 aliphatic carbocycles. The van der Waals surface area contributed by atoms with Gasteiger partial charge in [-0.2, -0.15) is 5.10 Å². The smallest absolute Gasteiger partial charge is 0.329 e. The van der Waals surface area contributed by atoms with Crippen LogP contribution in [0.1, 0.15) is 49.5 Å². The van der Waals surface area contributed by atoms with Gasteiger partial charge in [-0.1, -0.05) is 13.3 Å². The molecule has 0 bridgehead atoms. The Labute approximate surface area is 118 Å². The molecular formula is C14H21N3O3. The van der Waals surface area contributed by atoms with Crippen molar-refractivity contribution in [3.63, 3.8) is 0 Å². The van der Waals surface area contributed by atoms with Crippen molar-refractivity contribution >= 4 is 11.9 Å². The molecule has 1 saturated carbocycles. The first-order valence-electron chi connectivity index (χ1n) is 7.02. The van der Waals surface area contributed by atoms with Gasteiger partial charge in [0.25, 0.3) is 5.91 Å². The molecule has 6 heteroatoms. The molecule has 2 N–H and O–H groups in total. The monoisotopic (exact) mass is 279 g/mol. The van der Waals surface area contributed by atoms with E-state index in [0.717, 1.165) is 19.3 Å². The Morgan fingerprint density at radius 3 is 2.60 bits per heavy atom. The lowest BCUT2D eigenvalue weighted by Gasteiger charge is -2.37. The van der Waals surface area contributed by atoms with Crippen molar-refractivity contribution < 1.29 is 14.7 Å². The van der Waals surface area contributed by atoms with Gasteiger partial charge in [-0.25, -0.2) is 4.79 Å². The molecule has 0 atom stereocenters. The number of nitrogens with zero attached hydrogens (tertiary/aromatic N) is 2. The molecule has 1 amide bonds. The molecule has 1 aromatic heterocycles. The number of nitrogens with one attached hydrogen (secondary N) is 1. The minimum absolute atomic E-state index is 0.255. The predicted molar refractivity (Wildman–Crippen MR) is 73.3 cm³/mol. The average Bonchev–Trinajstić information content (AvgIpc) is 2.86. The van der Waals surface area contributed by atoms with Crippen LogP contribution >= 0.6 is 0 Å². The van der Waals surface area contributed by atoms with E-state index in [1.807, 2.05) is 0 Å². The Hall–Kier alpha value is -1.85. The second-order valence-electron chi connectivity index (χ2n) is 5.57. The van der Waals surface area contributed by atoms with E-state index in [0.29, 0.717) is 18.8 Å². The molecule has 0 radical (unpaired) electrons. The summed E-state index contributed by atoms with van der Waals surface area (Å²) >= 11 is 0. The Balaban J connectivity index is 2.10. The summed E-state index contributed by atoms with van der Waals surface area (Å²) in [5, 5.41) is 16.2. The van der Waals surface area contributed by atoms with Gasteiger partial charge in [0.05, 0.1) is 0 Å². The lowest BCUT2D eigenvalue weighted by Crippen LogP contribution is -2.56. The van der Waals surface area contributed by atoms with Crippen molar-refractivity contribution in [1.29, 1.82) is 0 Å². The molecule has 0 saturated heterocycles. The molecule has 0 aromatic carbocycles. The molecule has 1 aliphatic rings. The van der Waals surface area contributed by atoms with E-state index in [-0.39, 0.29) is 5.69 Å². The van der Waals surface area contributed by atoms with Gasteiger partial charge in [-0.15, -0.1) is 0 Å². The van der Waals surface area contributed by atoms with Crippen LogP contribution in [0.15, 0.2) is 12.3 Å². The first-order chi connectivity index (χ1) is 9.47. The van der Waals surface area contributed by atoms with E-state index >= 15 is 0 Å². The third-order valence-corrected chi connectivity index (χ3v) is 4.24. The maximum absolute atomic E-state index is 12.1. The fourth-order valence-electron chi connectivity index (χ4n) is 2.79. The molecule has 0 unspecified atom stereocenters. The zero-order chi connectivity index (χ0) is 14.8. The number of aryl methyl sites for hydroxylation is 1. The van der Waals surface area contributed by atoms with Crippen molar-refractivity contribution in [1.82, 2.24) is 15.1 Å². The highest BCUT2D eigenvalue weighted by atomic mass is 16.4. The molecule has 2 rings (SSSR count). The average molecular weight is 279 g/mol. The number of hydrogen-bond donors (Lipinski definition) is 2. The van der Waals surface area contributed by atoms with Crippen LogP contribution in [0.5, 0.6) is 0 Å². The van der Waals surface area contributed by atoms with Crippen LogP contribution < -0.4 is 5.32 Å². The number of rotatable bonds is 4. The van der Waals surface area contributed by atoms with Gasteiger partial charge in [0.15, 0.2) is 0 Å². The summed E-state index contributed by atoms with van der Waals surface area (Å²) in [6.07, 6.45) is 5.37. The second kappa shape index (κ2) is 5.64. The maximum Gasteiger partial charge on any atom is 0.329 e. The molecule has 0 aliphatic heterocycles. The summed E-state index contributed by atoms with van der Waals surface area (Å²) in [5.74, 6) is -0.798. The number of carboxylic acids is 1. The topological polar surface area (TPSA) is 84.2 Å². The quantitative estimate of drug-likeness (QED) is 0.876. The lowest BCUT2D eigenvalue weighted by molar-refractivity contribution is -0.146. The third-order valence-electron chi connectivity index (χ3n) is 4.24. The van der Waals surface area contributed by atoms with Crippen LogP contribution in [-0.4, -0.2) is 32.3 Å². The largest absolute Gasteiger partial charge is 0.480 e. The van der Waals surface area contributed by atoms with E-state index < -0.39 is 17.4 Å². The number of aliphatic carboxylic acids is 1. The Kier molecular flexibility index (Phi) is 4.11. The fourth-order valence-corrected chi connectivity index (χ4v) is 2.79. The molecule has 1 fully saturated rings. The van der Waals surface area contributed by atoms with Gasteiger partial charge in [0.2, 0.25) is 0 Å². The molecule has 20 heavy (non-hydrogen) atoms. The summed E-state index contributed by atoms with van der Waals surface area (Å²) < 4.78 is 1.52. The summed E-state index contributed by atoms with van der Waals surface area (Å²) in [6, 6.07) is 1.59. The molecule has 0 spiro atoms. The number of hydrogen-bond acceptors (Lipinski definition) is 3. The number of carbonyl (C=O) groups is 2. The number of carboxylic acid groups (broad SMARTS) is 1. The highest BCUT2D eigenvalue weighted by Gasteiger charge is 2.43. The van der Waals surface area contributed by atoms with Crippen molar-refractivity contribution in [2.75, 3.05) is 0 Å². The van der Waals surface area contributed by atoms with Gasteiger partial charge >= 0.3 is 5.97 Å². The van der Waals surface area contributed by atoms with Crippen LogP contribution in [0, 0.1) is 5.92 Å². The van der Waals surface area contributed by atoms with Crippen molar-refractivity contribution in [2.45, 2.75) is 44.6 Å². The van der Waals surface area contributed by atoms with Gasteiger partial charge in [-0.3, -0.25) is 9.48 Å². The molecule has 110 valence electrons. The summed E-state index contributed by atoms with van der Waals surface area (Å²) in [5.41, 5.74) is -0.883. The number of aromatic nitrogens is 2. The van der Waals surface area contributed by atoms with Crippen molar-refractivity contribution in [3.05, 3.63) is 18.0 Å². The third kappa shape index (κ3) is 2.84. The minimum atomic E-state index is -1.14. The summed E-state index contributed by atoms with van der Waals surface area (Å²) in [4.78, 5) is 23.7.